The molecule has 0 radical (unpaired) electrons. The van der Waals surface area contributed by atoms with E-state index in [2.05, 4.69) is 63.2 Å². The van der Waals surface area contributed by atoms with Crippen molar-refractivity contribution in [1.29, 1.82) is 0 Å². The summed E-state index contributed by atoms with van der Waals surface area (Å²) >= 11 is 7.24. The van der Waals surface area contributed by atoms with Crippen molar-refractivity contribution >= 4 is 31.9 Å². The average molecular weight is 421 g/mol. The number of halogens is 2. The minimum Gasteiger partial charge on any atom is -0.491 e. The predicted octanol–water partition coefficient (Wildman–Crippen LogP) is 6.06. The summed E-state index contributed by atoms with van der Waals surface area (Å²) in [7, 11) is 0. The summed E-state index contributed by atoms with van der Waals surface area (Å²) in [6.07, 6.45) is 7.45. The maximum absolute atomic E-state index is 5.91. The topological polar surface area (TPSA) is 21.3 Å². The molecule has 0 aliphatic heterocycles. The maximum Gasteiger partial charge on any atom is 0.147 e. The molecule has 0 unspecified atom stereocenters. The highest BCUT2D eigenvalue weighted by Gasteiger charge is 2.09. The van der Waals surface area contributed by atoms with Crippen LogP contribution in [0, 0.1) is 0 Å². The van der Waals surface area contributed by atoms with Crippen LogP contribution in [-0.4, -0.2) is 13.2 Å². The standard InChI is InChI=1S/C17H27Br2NO/c1-3-5-6-7-8-10-21-17-15(18)11-14(12-16(17)19)13-20-9-4-2/h11-12,20H,3-10,13H2,1-2H3. The molecule has 2 nitrogen and oxygen atoms in total. The van der Waals surface area contributed by atoms with Gasteiger partial charge >= 0.3 is 0 Å². The Balaban J connectivity index is 2.43. The lowest BCUT2D eigenvalue weighted by Gasteiger charge is -2.12. The third kappa shape index (κ3) is 7.66. The van der Waals surface area contributed by atoms with E-state index >= 15 is 0 Å². The molecule has 120 valence electrons. The van der Waals surface area contributed by atoms with Crippen LogP contribution in [0.4, 0.5) is 0 Å². The van der Waals surface area contributed by atoms with Crippen molar-refractivity contribution in [2.45, 2.75) is 58.9 Å². The van der Waals surface area contributed by atoms with Crippen molar-refractivity contribution in [3.63, 3.8) is 0 Å². The van der Waals surface area contributed by atoms with E-state index in [1.165, 1.54) is 31.2 Å². The molecule has 4 heteroatoms. The van der Waals surface area contributed by atoms with Crippen molar-refractivity contribution < 1.29 is 4.74 Å². The Morgan fingerprint density at radius 2 is 1.62 bits per heavy atom. The van der Waals surface area contributed by atoms with Gasteiger partial charge in [0.1, 0.15) is 5.75 Å². The third-order valence-electron chi connectivity index (χ3n) is 3.31. The molecule has 0 bridgehead atoms. The highest BCUT2D eigenvalue weighted by molar-refractivity contribution is 9.11. The number of rotatable bonds is 11. The SMILES string of the molecule is CCCCCCCOc1c(Br)cc(CNCCC)cc1Br. The predicted molar refractivity (Wildman–Crippen MR) is 98.1 cm³/mol. The van der Waals surface area contributed by atoms with Crippen LogP contribution in [0.2, 0.25) is 0 Å². The fourth-order valence-electron chi connectivity index (χ4n) is 2.14. The van der Waals surface area contributed by atoms with Crippen LogP contribution < -0.4 is 10.1 Å². The second kappa shape index (κ2) is 11.5. The smallest absolute Gasteiger partial charge is 0.147 e. The summed E-state index contributed by atoms with van der Waals surface area (Å²) < 4.78 is 7.97. The van der Waals surface area contributed by atoms with Gasteiger partial charge in [0, 0.05) is 6.54 Å². The Kier molecular flexibility index (Phi) is 10.4. The monoisotopic (exact) mass is 419 g/mol. The summed E-state index contributed by atoms with van der Waals surface area (Å²) in [5, 5.41) is 3.41. The molecule has 0 spiro atoms. The first-order valence-electron chi connectivity index (χ1n) is 8.00. The Morgan fingerprint density at radius 3 is 2.24 bits per heavy atom. The van der Waals surface area contributed by atoms with Crippen LogP contribution in [0.5, 0.6) is 5.75 Å². The second-order valence-electron chi connectivity index (χ2n) is 5.33. The van der Waals surface area contributed by atoms with E-state index < -0.39 is 0 Å². The third-order valence-corrected chi connectivity index (χ3v) is 4.49. The number of hydrogen-bond donors (Lipinski definition) is 1. The van der Waals surface area contributed by atoms with E-state index in [4.69, 9.17) is 4.74 Å². The van der Waals surface area contributed by atoms with Gasteiger partial charge in [-0.05, 0) is 68.9 Å². The van der Waals surface area contributed by atoms with Gasteiger partial charge in [-0.15, -0.1) is 0 Å². The molecule has 0 heterocycles. The van der Waals surface area contributed by atoms with Crippen LogP contribution >= 0.6 is 31.9 Å². The zero-order chi connectivity index (χ0) is 15.5. The van der Waals surface area contributed by atoms with Crippen LogP contribution in [0.3, 0.4) is 0 Å². The maximum atomic E-state index is 5.91. The van der Waals surface area contributed by atoms with Gasteiger partial charge < -0.3 is 10.1 Å². The molecule has 1 N–H and O–H groups in total. The van der Waals surface area contributed by atoms with Crippen LogP contribution in [0.25, 0.3) is 0 Å². The highest BCUT2D eigenvalue weighted by atomic mass is 79.9. The molecular weight excluding hydrogens is 394 g/mol. The fourth-order valence-corrected chi connectivity index (χ4v) is 3.65. The fraction of sp³-hybridized carbons (Fsp3) is 0.647. The van der Waals surface area contributed by atoms with Gasteiger partial charge in [0.25, 0.3) is 0 Å². The van der Waals surface area contributed by atoms with Gasteiger partial charge in [-0.1, -0.05) is 39.5 Å². The summed E-state index contributed by atoms with van der Waals surface area (Å²) in [6.45, 7) is 7.14. The van der Waals surface area contributed by atoms with Crippen LogP contribution in [0.1, 0.15) is 57.9 Å². The zero-order valence-corrected chi connectivity index (χ0v) is 16.4. The quantitative estimate of drug-likeness (QED) is 0.439. The van der Waals surface area contributed by atoms with Crippen molar-refractivity contribution in [2.75, 3.05) is 13.2 Å². The molecule has 1 aromatic carbocycles. The molecule has 0 fully saturated rings. The lowest BCUT2D eigenvalue weighted by molar-refractivity contribution is 0.301. The number of ether oxygens (including phenoxy) is 1. The Hall–Kier alpha value is -0.0600. The average Bonchev–Trinajstić information content (AvgIpc) is 2.45. The molecule has 0 aliphatic carbocycles. The van der Waals surface area contributed by atoms with Gasteiger partial charge in [-0.3, -0.25) is 0 Å². The van der Waals surface area contributed by atoms with E-state index in [1.54, 1.807) is 0 Å². The molecule has 0 aliphatic rings. The molecule has 1 rings (SSSR count). The largest absolute Gasteiger partial charge is 0.491 e. The number of nitrogens with one attached hydrogen (secondary N) is 1. The summed E-state index contributed by atoms with van der Waals surface area (Å²) in [6, 6.07) is 4.28. The molecule has 21 heavy (non-hydrogen) atoms. The van der Waals surface area contributed by atoms with Gasteiger partial charge in [0.05, 0.1) is 15.6 Å². The van der Waals surface area contributed by atoms with Gasteiger partial charge in [0.15, 0.2) is 0 Å². The summed E-state index contributed by atoms with van der Waals surface area (Å²) in [4.78, 5) is 0. The number of benzene rings is 1. The molecular formula is C17H27Br2NO. The summed E-state index contributed by atoms with van der Waals surface area (Å²) in [5.41, 5.74) is 1.26. The highest BCUT2D eigenvalue weighted by Crippen LogP contribution is 2.35. The molecule has 1 aromatic rings. The van der Waals surface area contributed by atoms with Gasteiger partial charge in [-0.2, -0.15) is 0 Å². The van der Waals surface area contributed by atoms with Crippen molar-refractivity contribution in [1.82, 2.24) is 5.32 Å². The first-order chi connectivity index (χ1) is 10.2. The molecule has 0 saturated carbocycles. The zero-order valence-electron chi connectivity index (χ0n) is 13.2. The first-order valence-corrected chi connectivity index (χ1v) is 9.59. The first kappa shape index (κ1) is 19.0. The number of hydrogen-bond acceptors (Lipinski definition) is 2. The van der Waals surface area contributed by atoms with E-state index in [0.29, 0.717) is 0 Å². The van der Waals surface area contributed by atoms with E-state index in [9.17, 15) is 0 Å². The minimum absolute atomic E-state index is 0.786. The normalized spacial score (nSPS) is 10.9. The van der Waals surface area contributed by atoms with E-state index in [-0.39, 0.29) is 0 Å². The summed E-state index contributed by atoms with van der Waals surface area (Å²) in [5.74, 6) is 0.921. The lowest BCUT2D eigenvalue weighted by Crippen LogP contribution is -2.13. The molecule has 0 amide bonds. The van der Waals surface area contributed by atoms with Crippen LogP contribution in [-0.2, 0) is 6.54 Å². The Morgan fingerprint density at radius 1 is 0.952 bits per heavy atom. The van der Waals surface area contributed by atoms with E-state index in [0.717, 1.165) is 47.2 Å². The molecule has 0 saturated heterocycles. The van der Waals surface area contributed by atoms with Crippen LogP contribution in [0.15, 0.2) is 21.1 Å². The molecule has 0 aromatic heterocycles. The van der Waals surface area contributed by atoms with Crippen molar-refractivity contribution in [2.24, 2.45) is 0 Å². The number of unbranched alkanes of at least 4 members (excludes halogenated alkanes) is 4. The molecule has 0 atom stereocenters. The van der Waals surface area contributed by atoms with E-state index in [1.807, 2.05) is 0 Å². The van der Waals surface area contributed by atoms with Gasteiger partial charge in [0.2, 0.25) is 0 Å². The van der Waals surface area contributed by atoms with Gasteiger partial charge in [-0.25, -0.2) is 0 Å². The van der Waals surface area contributed by atoms with Crippen molar-refractivity contribution in [3.05, 3.63) is 26.6 Å². The van der Waals surface area contributed by atoms with Crippen molar-refractivity contribution in [3.8, 4) is 5.75 Å². The lowest BCUT2D eigenvalue weighted by atomic mass is 10.2. The Labute approximate surface area is 146 Å². The Bertz CT molecular complexity index is 387. The minimum atomic E-state index is 0.786. The second-order valence-corrected chi connectivity index (χ2v) is 7.04.